The number of aromatic amines is 1. The van der Waals surface area contributed by atoms with E-state index in [0.717, 1.165) is 33.4 Å². The molecule has 5 aromatic rings. The summed E-state index contributed by atoms with van der Waals surface area (Å²) in [6.45, 7) is 1.95. The Hall–Kier alpha value is -3.93. The van der Waals surface area contributed by atoms with Crippen molar-refractivity contribution in [1.82, 2.24) is 14.5 Å². The minimum Gasteiger partial charge on any atom is -0.354 e. The zero-order valence-corrected chi connectivity index (χ0v) is 16.5. The Balaban J connectivity index is 1.52. The number of H-pyrrole nitrogens is 1. The number of hydrogen-bond donors (Lipinski definition) is 2. The van der Waals surface area contributed by atoms with E-state index in [0.29, 0.717) is 16.8 Å². The Morgan fingerprint density at radius 2 is 1.90 bits per heavy atom. The van der Waals surface area contributed by atoms with Gasteiger partial charge in [0, 0.05) is 34.6 Å². The van der Waals surface area contributed by atoms with Crippen LogP contribution in [0.15, 0.2) is 66.9 Å². The first-order chi connectivity index (χ1) is 14.5. The Morgan fingerprint density at radius 3 is 2.70 bits per heavy atom. The molecule has 0 aliphatic heterocycles. The summed E-state index contributed by atoms with van der Waals surface area (Å²) in [6.07, 6.45) is 1.82. The number of anilines is 1. The summed E-state index contributed by atoms with van der Waals surface area (Å²) in [5.74, 6) is 0.382. The van der Waals surface area contributed by atoms with Crippen LogP contribution in [0, 0.1) is 12.7 Å². The third-order valence-corrected chi connectivity index (χ3v) is 5.48. The topological polar surface area (TPSA) is 62.7 Å². The first-order valence-electron chi connectivity index (χ1n) is 9.61. The van der Waals surface area contributed by atoms with Crippen molar-refractivity contribution in [1.29, 1.82) is 0 Å². The Labute approximate surface area is 172 Å². The first-order valence-corrected chi connectivity index (χ1v) is 9.61. The zero-order chi connectivity index (χ0) is 20.8. The van der Waals surface area contributed by atoms with Crippen LogP contribution in [-0.4, -0.2) is 20.4 Å². The van der Waals surface area contributed by atoms with E-state index < -0.39 is 0 Å². The van der Waals surface area contributed by atoms with E-state index in [9.17, 15) is 9.18 Å². The molecule has 0 saturated heterocycles. The minimum absolute atomic E-state index is 0.231. The van der Waals surface area contributed by atoms with Crippen LogP contribution < -0.4 is 5.32 Å². The van der Waals surface area contributed by atoms with Gasteiger partial charge in [0.2, 0.25) is 0 Å². The molecule has 0 spiro atoms. The Bertz CT molecular complexity index is 1430. The van der Waals surface area contributed by atoms with Crippen molar-refractivity contribution in [2.45, 2.75) is 6.92 Å². The summed E-state index contributed by atoms with van der Waals surface area (Å²) in [6, 6.07) is 17.7. The van der Waals surface area contributed by atoms with Gasteiger partial charge in [0.15, 0.2) is 0 Å². The van der Waals surface area contributed by atoms with E-state index in [4.69, 9.17) is 0 Å². The molecule has 3 aromatic carbocycles. The highest BCUT2D eigenvalue weighted by Gasteiger charge is 2.15. The number of aromatic nitrogens is 3. The lowest BCUT2D eigenvalue weighted by atomic mass is 10.1. The number of fused-ring (bicyclic) bond motifs is 3. The lowest BCUT2D eigenvalue weighted by molar-refractivity contribution is 0.102. The largest absolute Gasteiger partial charge is 0.354 e. The van der Waals surface area contributed by atoms with Gasteiger partial charge >= 0.3 is 0 Å². The molecule has 2 N–H and O–H groups in total. The SMILES string of the molecule is Cc1ncc(-c2cccc(NC(=O)c3cccc4c3[nH]c3ccc(F)cc34)c2)n1C. The van der Waals surface area contributed by atoms with Gasteiger partial charge in [-0.05, 0) is 43.3 Å². The van der Waals surface area contributed by atoms with Gasteiger partial charge in [0.1, 0.15) is 11.6 Å². The normalized spacial score (nSPS) is 11.3. The van der Waals surface area contributed by atoms with Gasteiger partial charge < -0.3 is 14.9 Å². The van der Waals surface area contributed by atoms with Crippen LogP contribution in [0.2, 0.25) is 0 Å². The van der Waals surface area contributed by atoms with Gasteiger partial charge in [-0.2, -0.15) is 0 Å². The number of para-hydroxylation sites is 1. The maximum Gasteiger partial charge on any atom is 0.257 e. The average Bonchev–Trinajstić information content (AvgIpc) is 3.28. The highest BCUT2D eigenvalue weighted by molar-refractivity contribution is 6.17. The summed E-state index contributed by atoms with van der Waals surface area (Å²) in [7, 11) is 1.96. The fraction of sp³-hybridized carbons (Fsp3) is 0.0833. The molecule has 2 heterocycles. The number of aryl methyl sites for hydroxylation is 1. The molecule has 5 rings (SSSR count). The molecule has 5 nitrogen and oxygen atoms in total. The fourth-order valence-electron chi connectivity index (χ4n) is 3.81. The van der Waals surface area contributed by atoms with Crippen LogP contribution in [0.1, 0.15) is 16.2 Å². The number of nitrogens with zero attached hydrogens (tertiary/aromatic N) is 2. The van der Waals surface area contributed by atoms with Gasteiger partial charge in [-0.3, -0.25) is 4.79 Å². The average molecular weight is 398 g/mol. The van der Waals surface area contributed by atoms with Crippen LogP contribution >= 0.6 is 0 Å². The van der Waals surface area contributed by atoms with Crippen molar-refractivity contribution in [3.63, 3.8) is 0 Å². The predicted molar refractivity (Wildman–Crippen MR) is 117 cm³/mol. The highest BCUT2D eigenvalue weighted by Crippen LogP contribution is 2.29. The molecule has 30 heavy (non-hydrogen) atoms. The maximum atomic E-state index is 13.7. The van der Waals surface area contributed by atoms with Crippen LogP contribution in [0.5, 0.6) is 0 Å². The van der Waals surface area contributed by atoms with Crippen LogP contribution in [0.3, 0.4) is 0 Å². The zero-order valence-electron chi connectivity index (χ0n) is 16.5. The number of rotatable bonds is 3. The molecule has 0 aliphatic rings. The van der Waals surface area contributed by atoms with Crippen LogP contribution in [0.4, 0.5) is 10.1 Å². The number of benzene rings is 3. The lowest BCUT2D eigenvalue weighted by Crippen LogP contribution is -2.12. The van der Waals surface area contributed by atoms with Gasteiger partial charge in [0.05, 0.1) is 23.0 Å². The van der Waals surface area contributed by atoms with Crippen molar-refractivity contribution in [2.24, 2.45) is 7.05 Å². The van der Waals surface area contributed by atoms with E-state index in [1.807, 2.05) is 61.1 Å². The summed E-state index contributed by atoms with van der Waals surface area (Å²) in [5.41, 5.74) is 4.62. The van der Waals surface area contributed by atoms with Gasteiger partial charge in [-0.15, -0.1) is 0 Å². The van der Waals surface area contributed by atoms with E-state index in [2.05, 4.69) is 15.3 Å². The van der Waals surface area contributed by atoms with Gasteiger partial charge in [-0.1, -0.05) is 24.3 Å². The smallest absolute Gasteiger partial charge is 0.257 e. The summed E-state index contributed by atoms with van der Waals surface area (Å²) in [5, 5.41) is 4.55. The number of amides is 1. The van der Waals surface area contributed by atoms with Crippen molar-refractivity contribution in [3.8, 4) is 11.3 Å². The van der Waals surface area contributed by atoms with Crippen molar-refractivity contribution in [2.75, 3.05) is 5.32 Å². The number of carbonyl (C=O) groups is 1. The molecule has 6 heteroatoms. The maximum absolute atomic E-state index is 13.7. The van der Waals surface area contributed by atoms with Gasteiger partial charge in [0.25, 0.3) is 5.91 Å². The third kappa shape index (κ3) is 2.93. The van der Waals surface area contributed by atoms with E-state index in [1.165, 1.54) is 12.1 Å². The molecule has 0 aliphatic carbocycles. The molecular weight excluding hydrogens is 379 g/mol. The predicted octanol–water partition coefficient (Wildman–Crippen LogP) is 5.42. The summed E-state index contributed by atoms with van der Waals surface area (Å²) < 4.78 is 15.7. The monoisotopic (exact) mass is 398 g/mol. The Kier molecular flexibility index (Phi) is 4.13. The Morgan fingerprint density at radius 1 is 1.07 bits per heavy atom. The third-order valence-electron chi connectivity index (χ3n) is 5.48. The highest BCUT2D eigenvalue weighted by atomic mass is 19.1. The molecule has 0 fully saturated rings. The van der Waals surface area contributed by atoms with Crippen LogP contribution in [-0.2, 0) is 7.05 Å². The van der Waals surface area contributed by atoms with E-state index in [1.54, 1.807) is 12.1 Å². The molecule has 0 unspecified atom stereocenters. The molecule has 0 bridgehead atoms. The van der Waals surface area contributed by atoms with Crippen molar-refractivity contribution < 1.29 is 9.18 Å². The molecular formula is C24H19FN4O. The molecule has 2 aromatic heterocycles. The van der Waals surface area contributed by atoms with E-state index in [-0.39, 0.29) is 11.7 Å². The molecule has 148 valence electrons. The van der Waals surface area contributed by atoms with E-state index >= 15 is 0 Å². The number of nitrogens with one attached hydrogen (secondary N) is 2. The summed E-state index contributed by atoms with van der Waals surface area (Å²) >= 11 is 0. The number of imidazole rings is 1. The number of halogens is 1. The second-order valence-corrected chi connectivity index (χ2v) is 7.33. The van der Waals surface area contributed by atoms with Crippen LogP contribution in [0.25, 0.3) is 33.1 Å². The molecule has 1 amide bonds. The molecule has 0 saturated carbocycles. The summed E-state index contributed by atoms with van der Waals surface area (Å²) in [4.78, 5) is 20.7. The second kappa shape index (κ2) is 6.84. The molecule has 0 radical (unpaired) electrons. The number of hydrogen-bond acceptors (Lipinski definition) is 2. The second-order valence-electron chi connectivity index (χ2n) is 7.33. The molecule has 0 atom stereocenters. The minimum atomic E-state index is -0.305. The van der Waals surface area contributed by atoms with Gasteiger partial charge in [-0.25, -0.2) is 9.37 Å². The fourth-order valence-corrected chi connectivity index (χ4v) is 3.81. The standard InChI is InChI=1S/C24H19FN4O/c1-14-26-13-22(29(14)2)15-5-3-6-17(11-15)27-24(30)19-8-4-7-18-20-12-16(25)9-10-21(20)28-23(18)19/h3-13,28H,1-2H3,(H,27,30). The van der Waals surface area contributed by atoms with Crippen molar-refractivity contribution >= 4 is 33.4 Å². The first kappa shape index (κ1) is 18.1. The number of carbonyl (C=O) groups excluding carboxylic acids is 1. The van der Waals surface area contributed by atoms with Crippen molar-refractivity contribution in [3.05, 3.63) is 84.1 Å². The lowest BCUT2D eigenvalue weighted by Gasteiger charge is -2.09. The quantitative estimate of drug-likeness (QED) is 0.426.